The molecule has 0 aromatic heterocycles. The molecular weight excluding hydrogens is 310 g/mol. The van der Waals surface area contributed by atoms with E-state index >= 15 is 0 Å². The van der Waals surface area contributed by atoms with Crippen molar-refractivity contribution in [2.24, 2.45) is 0 Å². The highest BCUT2D eigenvalue weighted by Gasteiger charge is 2.16. The Kier molecular flexibility index (Phi) is 5.47. The van der Waals surface area contributed by atoms with Crippen molar-refractivity contribution >= 4 is 17.3 Å². The Morgan fingerprint density at radius 2 is 2.00 bits per heavy atom. The largest absolute Gasteiger partial charge is 0.477 e. The molecule has 0 saturated heterocycles. The zero-order valence-corrected chi connectivity index (χ0v) is 13.0. The summed E-state index contributed by atoms with van der Waals surface area (Å²) in [5.74, 6) is -0.386. The van der Waals surface area contributed by atoms with Gasteiger partial charge in [-0.15, -0.1) is 0 Å². The van der Waals surface area contributed by atoms with Crippen LogP contribution in [0.3, 0.4) is 0 Å². The zero-order chi connectivity index (χ0) is 17.5. The number of hydrogen-bond acceptors (Lipinski definition) is 5. The van der Waals surface area contributed by atoms with E-state index in [1.54, 1.807) is 37.3 Å². The molecule has 1 N–H and O–H groups in total. The summed E-state index contributed by atoms with van der Waals surface area (Å²) in [6.45, 7) is 1.39. The minimum absolute atomic E-state index is 0.0464. The second-order valence-electron chi connectivity index (χ2n) is 5.10. The second-order valence-corrected chi connectivity index (χ2v) is 5.10. The zero-order valence-electron chi connectivity index (χ0n) is 13.0. The quantitative estimate of drug-likeness (QED) is 0.649. The van der Waals surface area contributed by atoms with E-state index in [2.05, 4.69) is 5.32 Å². The number of nitrogens with zero attached hydrogens (tertiary/aromatic N) is 2. The molecular formula is C17H15N3O4. The van der Waals surface area contributed by atoms with Crippen LogP contribution < -0.4 is 10.1 Å². The fraction of sp³-hybridized carbons (Fsp3) is 0.176. The maximum absolute atomic E-state index is 11.9. The molecule has 0 unspecified atom stereocenters. The van der Waals surface area contributed by atoms with E-state index in [1.807, 2.05) is 6.07 Å². The first-order valence-corrected chi connectivity index (χ1v) is 7.13. The second kappa shape index (κ2) is 7.74. The highest BCUT2D eigenvalue weighted by Crippen LogP contribution is 2.27. The number of hydrogen-bond donors (Lipinski definition) is 1. The molecule has 2 aromatic rings. The number of benzene rings is 2. The van der Waals surface area contributed by atoms with Crippen LogP contribution in [-0.4, -0.2) is 17.4 Å². The number of nitriles is 1. The van der Waals surface area contributed by atoms with Crippen molar-refractivity contribution in [3.63, 3.8) is 0 Å². The van der Waals surface area contributed by atoms with Crippen LogP contribution in [0, 0.1) is 28.4 Å². The first-order valence-electron chi connectivity index (χ1n) is 7.13. The topological polar surface area (TPSA) is 105 Å². The van der Waals surface area contributed by atoms with Gasteiger partial charge in [-0.05, 0) is 36.2 Å². The lowest BCUT2D eigenvalue weighted by molar-refractivity contribution is -0.385. The van der Waals surface area contributed by atoms with Crippen molar-refractivity contribution in [2.75, 3.05) is 11.9 Å². The molecule has 1 amide bonds. The van der Waals surface area contributed by atoms with Gasteiger partial charge in [0.2, 0.25) is 0 Å². The van der Waals surface area contributed by atoms with Crippen molar-refractivity contribution in [3.05, 3.63) is 63.7 Å². The Morgan fingerprint density at radius 3 is 2.62 bits per heavy atom. The van der Waals surface area contributed by atoms with Crippen LogP contribution in [0.15, 0.2) is 42.5 Å². The molecule has 0 aliphatic carbocycles. The van der Waals surface area contributed by atoms with Crippen LogP contribution in [0.4, 0.5) is 11.4 Å². The Balaban J connectivity index is 1.96. The van der Waals surface area contributed by atoms with Gasteiger partial charge in [-0.3, -0.25) is 14.9 Å². The Labute approximate surface area is 138 Å². The number of carbonyl (C=O) groups excluding carboxylic acids is 1. The summed E-state index contributed by atoms with van der Waals surface area (Å²) < 4.78 is 5.25. The molecule has 0 atom stereocenters. The number of aryl methyl sites for hydroxylation is 1. The van der Waals surface area contributed by atoms with Gasteiger partial charge in [-0.1, -0.05) is 18.2 Å². The summed E-state index contributed by atoms with van der Waals surface area (Å²) in [7, 11) is 0. The minimum Gasteiger partial charge on any atom is -0.477 e. The summed E-state index contributed by atoms with van der Waals surface area (Å²) in [5.41, 5.74) is 1.96. The lowest BCUT2D eigenvalue weighted by atomic mass is 10.1. The minimum atomic E-state index is -0.547. The van der Waals surface area contributed by atoms with Crippen LogP contribution in [0.5, 0.6) is 5.75 Å². The molecule has 7 nitrogen and oxygen atoms in total. The summed E-state index contributed by atoms with van der Waals surface area (Å²) in [4.78, 5) is 22.3. The number of nitro groups is 1. The molecule has 0 aliphatic heterocycles. The van der Waals surface area contributed by atoms with Crippen LogP contribution in [0.2, 0.25) is 0 Å². The summed E-state index contributed by atoms with van der Waals surface area (Å²) in [6.07, 6.45) is 0.300. The van der Waals surface area contributed by atoms with E-state index in [9.17, 15) is 14.9 Å². The third-order valence-corrected chi connectivity index (χ3v) is 3.19. The molecule has 0 aliphatic rings. The van der Waals surface area contributed by atoms with Crippen molar-refractivity contribution in [2.45, 2.75) is 13.3 Å². The van der Waals surface area contributed by atoms with Crippen molar-refractivity contribution in [1.29, 1.82) is 5.26 Å². The van der Waals surface area contributed by atoms with Gasteiger partial charge in [-0.25, -0.2) is 0 Å². The van der Waals surface area contributed by atoms with E-state index in [0.717, 1.165) is 11.1 Å². The average molecular weight is 325 g/mol. The average Bonchev–Trinajstić information content (AvgIpc) is 2.55. The molecule has 0 fully saturated rings. The molecule has 0 radical (unpaired) electrons. The van der Waals surface area contributed by atoms with Crippen molar-refractivity contribution < 1.29 is 14.5 Å². The summed E-state index contributed by atoms with van der Waals surface area (Å²) in [6, 6.07) is 13.4. The van der Waals surface area contributed by atoms with E-state index in [4.69, 9.17) is 10.00 Å². The normalized spacial score (nSPS) is 9.83. The molecule has 2 aromatic carbocycles. The summed E-state index contributed by atoms with van der Waals surface area (Å²) in [5, 5.41) is 22.2. The first kappa shape index (κ1) is 17.0. The Hall–Kier alpha value is -3.40. The number of nitrogens with one attached hydrogen (secondary N) is 1. The molecule has 2 rings (SSSR count). The predicted octanol–water partition coefficient (Wildman–Crippen LogP) is 2.99. The van der Waals surface area contributed by atoms with Gasteiger partial charge in [0.05, 0.1) is 17.4 Å². The maximum atomic E-state index is 11.9. The van der Waals surface area contributed by atoms with Gasteiger partial charge in [0, 0.05) is 11.8 Å². The number of amides is 1. The molecule has 0 spiro atoms. The fourth-order valence-corrected chi connectivity index (χ4v) is 2.03. The van der Waals surface area contributed by atoms with E-state index in [0.29, 0.717) is 12.1 Å². The van der Waals surface area contributed by atoms with Crippen LogP contribution in [0.25, 0.3) is 0 Å². The molecule has 0 saturated carbocycles. The van der Waals surface area contributed by atoms with Crippen molar-refractivity contribution in [3.8, 4) is 11.8 Å². The summed E-state index contributed by atoms with van der Waals surface area (Å²) >= 11 is 0. The lowest BCUT2D eigenvalue weighted by Crippen LogP contribution is -2.20. The number of nitro benzene ring substituents is 1. The maximum Gasteiger partial charge on any atom is 0.311 e. The van der Waals surface area contributed by atoms with Crippen LogP contribution in [0.1, 0.15) is 11.1 Å². The molecule has 7 heteroatoms. The highest BCUT2D eigenvalue weighted by atomic mass is 16.6. The Morgan fingerprint density at radius 1 is 1.29 bits per heavy atom. The molecule has 122 valence electrons. The molecule has 0 bridgehead atoms. The standard InChI is InChI=1S/C17H15N3O4/c1-12-2-7-16(15(10-12)20(22)23)24-11-17(21)19-14-5-3-13(4-6-14)8-9-18/h2-7,10H,8,11H2,1H3,(H,19,21). The Bertz CT molecular complexity index is 794. The predicted molar refractivity (Wildman–Crippen MR) is 87.7 cm³/mol. The van der Waals surface area contributed by atoms with Crippen LogP contribution in [-0.2, 0) is 11.2 Å². The monoisotopic (exact) mass is 325 g/mol. The lowest BCUT2D eigenvalue weighted by Gasteiger charge is -2.08. The number of rotatable bonds is 6. The number of ether oxygens (including phenoxy) is 1. The van der Waals surface area contributed by atoms with Gasteiger partial charge in [0.1, 0.15) is 0 Å². The van der Waals surface area contributed by atoms with Gasteiger partial charge < -0.3 is 10.1 Å². The number of anilines is 1. The first-order chi connectivity index (χ1) is 11.5. The number of carbonyl (C=O) groups is 1. The SMILES string of the molecule is Cc1ccc(OCC(=O)Nc2ccc(CC#N)cc2)c([N+](=O)[O-])c1. The molecule has 0 heterocycles. The van der Waals surface area contributed by atoms with Crippen LogP contribution >= 0.6 is 0 Å². The van der Waals surface area contributed by atoms with Gasteiger partial charge >= 0.3 is 5.69 Å². The third-order valence-electron chi connectivity index (χ3n) is 3.19. The van der Waals surface area contributed by atoms with E-state index in [-0.39, 0.29) is 18.0 Å². The molecule has 24 heavy (non-hydrogen) atoms. The third kappa shape index (κ3) is 4.55. The van der Waals surface area contributed by atoms with E-state index < -0.39 is 10.8 Å². The van der Waals surface area contributed by atoms with Crippen molar-refractivity contribution in [1.82, 2.24) is 0 Å². The van der Waals surface area contributed by atoms with Gasteiger partial charge in [0.15, 0.2) is 12.4 Å². The van der Waals surface area contributed by atoms with Gasteiger partial charge in [0.25, 0.3) is 5.91 Å². The highest BCUT2D eigenvalue weighted by molar-refractivity contribution is 5.91. The fourth-order valence-electron chi connectivity index (χ4n) is 2.03. The smallest absolute Gasteiger partial charge is 0.311 e. The van der Waals surface area contributed by atoms with E-state index in [1.165, 1.54) is 12.1 Å². The van der Waals surface area contributed by atoms with Gasteiger partial charge in [-0.2, -0.15) is 5.26 Å².